The van der Waals surface area contributed by atoms with Crippen molar-refractivity contribution in [1.29, 1.82) is 0 Å². The monoisotopic (exact) mass is 413 g/mol. The van der Waals surface area contributed by atoms with Crippen LogP contribution in [0.5, 0.6) is 0 Å². The third-order valence-electron chi connectivity index (χ3n) is 6.22. The summed E-state index contributed by atoms with van der Waals surface area (Å²) in [5.74, 6) is 0. The van der Waals surface area contributed by atoms with Crippen molar-refractivity contribution >= 4 is 38.9 Å². The van der Waals surface area contributed by atoms with E-state index in [0.717, 1.165) is 46.8 Å². The minimum Gasteiger partial charge on any atom is -0.399 e. The summed E-state index contributed by atoms with van der Waals surface area (Å²) >= 11 is 0. The highest BCUT2D eigenvalue weighted by atomic mass is 15.0. The lowest BCUT2D eigenvalue weighted by Gasteiger charge is -2.15. The molecule has 0 unspecified atom stereocenters. The van der Waals surface area contributed by atoms with Crippen LogP contribution in [0.4, 0.5) is 5.69 Å². The molecule has 6 rings (SSSR count). The molecule has 3 heteroatoms. The maximum Gasteiger partial charge on any atom is 0.0665 e. The lowest BCUT2D eigenvalue weighted by Crippen LogP contribution is -2.05. The molecule has 0 amide bonds. The highest BCUT2D eigenvalue weighted by molar-refractivity contribution is 6.09. The Morgan fingerprint density at radius 2 is 1.25 bits per heavy atom. The van der Waals surface area contributed by atoms with E-state index in [1.165, 1.54) is 21.8 Å². The van der Waals surface area contributed by atoms with E-state index in [2.05, 4.69) is 95.6 Å². The molecule has 0 saturated heterocycles. The van der Waals surface area contributed by atoms with E-state index in [-0.39, 0.29) is 0 Å². The van der Waals surface area contributed by atoms with Gasteiger partial charge in [-0.05, 0) is 60.4 Å². The highest BCUT2D eigenvalue weighted by Gasteiger charge is 2.13. The molecule has 0 saturated carbocycles. The largest absolute Gasteiger partial charge is 0.399 e. The van der Waals surface area contributed by atoms with E-state index in [9.17, 15) is 0 Å². The zero-order valence-electron chi connectivity index (χ0n) is 17.7. The summed E-state index contributed by atoms with van der Waals surface area (Å²) in [6, 6.07) is 33.9. The van der Waals surface area contributed by atoms with E-state index in [1.807, 2.05) is 12.1 Å². The number of nitrogens with two attached hydrogens (primary N) is 1. The number of nitrogens with zero attached hydrogens (tertiary/aromatic N) is 2. The van der Waals surface area contributed by atoms with Crippen LogP contribution in [0.2, 0.25) is 0 Å². The Morgan fingerprint density at radius 1 is 0.656 bits per heavy atom. The van der Waals surface area contributed by atoms with Crippen molar-refractivity contribution in [3.63, 3.8) is 0 Å². The first kappa shape index (κ1) is 18.6. The fraction of sp³-hybridized carbons (Fsp3) is 0.0690. The number of hydrogen-bond acceptors (Lipinski definition) is 2. The molecule has 0 fully saturated rings. The number of fused-ring (bicyclic) bond motifs is 3. The molecule has 0 radical (unpaired) electrons. The number of rotatable bonds is 3. The summed E-state index contributed by atoms with van der Waals surface area (Å²) in [7, 11) is 0. The van der Waals surface area contributed by atoms with Gasteiger partial charge in [-0.25, -0.2) is 0 Å². The molecule has 0 bridgehead atoms. The van der Waals surface area contributed by atoms with Crippen LogP contribution in [0.1, 0.15) is 24.0 Å². The summed E-state index contributed by atoms with van der Waals surface area (Å²) < 4.78 is 2.34. The summed E-state index contributed by atoms with van der Waals surface area (Å²) in [6.45, 7) is 0. The van der Waals surface area contributed by atoms with Gasteiger partial charge in [0.25, 0.3) is 0 Å². The molecule has 1 aliphatic rings. The van der Waals surface area contributed by atoms with E-state index in [0.29, 0.717) is 0 Å². The number of aromatic nitrogens is 1. The Hall–Kier alpha value is -4.11. The van der Waals surface area contributed by atoms with Crippen molar-refractivity contribution in [2.75, 3.05) is 5.73 Å². The van der Waals surface area contributed by atoms with Gasteiger partial charge in [-0.1, -0.05) is 66.7 Å². The SMILES string of the molecule is Nc1ccc(C2=NC(c3ccc(-n4c5ccccc5c5ccccc54)cc3)=CCC2)cc1. The van der Waals surface area contributed by atoms with Gasteiger partial charge in [0.15, 0.2) is 0 Å². The van der Waals surface area contributed by atoms with Crippen molar-refractivity contribution in [1.82, 2.24) is 4.57 Å². The predicted molar refractivity (Wildman–Crippen MR) is 135 cm³/mol. The maximum absolute atomic E-state index is 5.84. The van der Waals surface area contributed by atoms with Crippen molar-refractivity contribution in [3.8, 4) is 5.69 Å². The van der Waals surface area contributed by atoms with Gasteiger partial charge < -0.3 is 10.3 Å². The molecule has 0 spiro atoms. The Balaban J connectivity index is 1.40. The van der Waals surface area contributed by atoms with Crippen molar-refractivity contribution in [2.24, 2.45) is 4.99 Å². The van der Waals surface area contributed by atoms with Gasteiger partial charge in [0.2, 0.25) is 0 Å². The Kier molecular flexibility index (Phi) is 4.39. The third-order valence-corrected chi connectivity index (χ3v) is 6.22. The number of para-hydroxylation sites is 2. The van der Waals surface area contributed by atoms with E-state index in [4.69, 9.17) is 10.7 Å². The van der Waals surface area contributed by atoms with E-state index in [1.54, 1.807) is 0 Å². The zero-order valence-corrected chi connectivity index (χ0v) is 17.7. The molecule has 32 heavy (non-hydrogen) atoms. The summed E-state index contributed by atoms with van der Waals surface area (Å²) in [5.41, 5.74) is 14.7. The minimum absolute atomic E-state index is 0.779. The highest BCUT2D eigenvalue weighted by Crippen LogP contribution is 2.32. The molecule has 4 aromatic carbocycles. The maximum atomic E-state index is 5.84. The smallest absolute Gasteiger partial charge is 0.0665 e. The van der Waals surface area contributed by atoms with Crippen molar-refractivity contribution < 1.29 is 0 Å². The van der Waals surface area contributed by atoms with Crippen LogP contribution in [-0.2, 0) is 0 Å². The van der Waals surface area contributed by atoms with Gasteiger partial charge in [-0.15, -0.1) is 0 Å². The normalized spacial score (nSPS) is 13.9. The molecular weight excluding hydrogens is 390 g/mol. The molecule has 5 aromatic rings. The van der Waals surface area contributed by atoms with Crippen LogP contribution in [0, 0.1) is 0 Å². The summed E-state index contributed by atoms with van der Waals surface area (Å²) in [5, 5.41) is 2.56. The van der Waals surface area contributed by atoms with Crippen LogP contribution in [-0.4, -0.2) is 10.3 Å². The number of hydrogen-bond donors (Lipinski definition) is 1. The second kappa shape index (κ2) is 7.54. The fourth-order valence-electron chi connectivity index (χ4n) is 4.64. The van der Waals surface area contributed by atoms with Gasteiger partial charge in [-0.3, -0.25) is 4.99 Å². The quantitative estimate of drug-likeness (QED) is 0.318. The average molecular weight is 414 g/mol. The fourth-order valence-corrected chi connectivity index (χ4v) is 4.64. The number of aliphatic imine (C=N–C) groups is 1. The van der Waals surface area contributed by atoms with Crippen LogP contribution >= 0.6 is 0 Å². The number of anilines is 1. The van der Waals surface area contributed by atoms with Crippen LogP contribution in [0.15, 0.2) is 108 Å². The number of nitrogen functional groups attached to an aromatic ring is 1. The predicted octanol–water partition coefficient (Wildman–Crippen LogP) is 6.99. The summed E-state index contributed by atoms with van der Waals surface area (Å²) in [4.78, 5) is 4.97. The van der Waals surface area contributed by atoms with Gasteiger partial charge in [0.05, 0.1) is 16.7 Å². The molecule has 154 valence electrons. The second-order valence-electron chi connectivity index (χ2n) is 8.23. The van der Waals surface area contributed by atoms with Gasteiger partial charge in [0, 0.05) is 27.9 Å². The molecule has 1 aromatic heterocycles. The van der Waals surface area contributed by atoms with E-state index >= 15 is 0 Å². The molecule has 0 atom stereocenters. The van der Waals surface area contributed by atoms with Crippen molar-refractivity contribution in [3.05, 3.63) is 114 Å². The van der Waals surface area contributed by atoms with Crippen LogP contribution < -0.4 is 5.73 Å². The third kappa shape index (κ3) is 3.10. The Labute approximate surface area is 187 Å². The average Bonchev–Trinajstić information content (AvgIpc) is 3.19. The zero-order chi connectivity index (χ0) is 21.5. The second-order valence-corrected chi connectivity index (χ2v) is 8.23. The molecule has 3 nitrogen and oxygen atoms in total. The van der Waals surface area contributed by atoms with Gasteiger partial charge >= 0.3 is 0 Å². The molecule has 1 aliphatic heterocycles. The van der Waals surface area contributed by atoms with E-state index < -0.39 is 0 Å². The summed E-state index contributed by atoms with van der Waals surface area (Å²) in [6.07, 6.45) is 4.18. The molecular formula is C29H23N3. The van der Waals surface area contributed by atoms with Crippen LogP contribution in [0.3, 0.4) is 0 Å². The van der Waals surface area contributed by atoms with Crippen molar-refractivity contribution in [2.45, 2.75) is 12.8 Å². The standard InChI is InChI=1S/C29H23N3/c30-22-16-12-20(13-17-22)26-8-5-9-27(31-26)21-14-18-23(19-15-21)32-28-10-3-1-6-24(28)25-7-2-4-11-29(25)32/h1-4,6-7,9-19H,5,8,30H2. The Bertz CT molecular complexity index is 1450. The molecule has 2 heterocycles. The molecule has 0 aliphatic carbocycles. The Morgan fingerprint density at radius 3 is 1.91 bits per heavy atom. The number of allylic oxidation sites excluding steroid dienone is 1. The first-order valence-electron chi connectivity index (χ1n) is 11.0. The van der Waals surface area contributed by atoms with Gasteiger partial charge in [0.1, 0.15) is 0 Å². The lowest BCUT2D eigenvalue weighted by atomic mass is 10.00. The first-order chi connectivity index (χ1) is 15.8. The topological polar surface area (TPSA) is 43.3 Å². The number of benzene rings is 4. The first-order valence-corrected chi connectivity index (χ1v) is 11.0. The lowest BCUT2D eigenvalue weighted by molar-refractivity contribution is 1.07. The minimum atomic E-state index is 0.779. The molecule has 2 N–H and O–H groups in total. The van der Waals surface area contributed by atoms with Crippen LogP contribution in [0.25, 0.3) is 33.2 Å². The van der Waals surface area contributed by atoms with Gasteiger partial charge in [-0.2, -0.15) is 0 Å².